The Kier molecular flexibility index (Phi) is 6.47. The van der Waals surface area contributed by atoms with Crippen LogP contribution in [0.3, 0.4) is 0 Å². The molecule has 2 heteroatoms. The Bertz CT molecular complexity index is 3800. The van der Waals surface area contributed by atoms with Crippen molar-refractivity contribution in [1.82, 2.24) is 0 Å². The molecule has 0 N–H and O–H groups in total. The van der Waals surface area contributed by atoms with Crippen LogP contribution in [0.1, 0.15) is 0 Å². The molecule has 2 nitrogen and oxygen atoms in total. The van der Waals surface area contributed by atoms with Crippen LogP contribution in [-0.2, 0) is 0 Å². The van der Waals surface area contributed by atoms with Crippen LogP contribution < -0.4 is 0 Å². The summed E-state index contributed by atoms with van der Waals surface area (Å²) in [5.74, 6) is 0. The molecule has 2 heterocycles. The number of hydrogen-bond acceptors (Lipinski definition) is 2. The molecule has 0 unspecified atom stereocenters. The zero-order valence-electron chi connectivity index (χ0n) is 31.3. The van der Waals surface area contributed by atoms with E-state index in [4.69, 9.17) is 8.83 Å². The third kappa shape index (κ3) is 4.66. The lowest BCUT2D eigenvalue weighted by Gasteiger charge is -2.18. The third-order valence-electron chi connectivity index (χ3n) is 12.4. The van der Waals surface area contributed by atoms with Gasteiger partial charge in [0.15, 0.2) is 0 Å². The molecule has 0 aliphatic heterocycles. The maximum atomic E-state index is 6.43. The van der Waals surface area contributed by atoms with Gasteiger partial charge in [0, 0.05) is 21.5 Å². The highest BCUT2D eigenvalue weighted by Crippen LogP contribution is 2.45. The van der Waals surface area contributed by atoms with E-state index in [1.165, 1.54) is 81.9 Å². The van der Waals surface area contributed by atoms with Gasteiger partial charge in [-0.3, -0.25) is 0 Å². The second-order valence-corrected chi connectivity index (χ2v) is 15.6. The standard InChI is InChI=1S/C56H32O2/c1-2-10-34-26-39(21-17-33(34)9-1)55-44-12-3-5-14-46(44)56(47-15-6-4-13-45(47)55)40-22-20-35-25-36(18-19-37(35)27-40)38-23-24-52-49(28-38)50-30-41-29-48-43-11-7-8-16-51(43)57-53(48)31-42(41)32-54(50)58-52/h1-32H. The zero-order valence-corrected chi connectivity index (χ0v) is 31.3. The van der Waals surface area contributed by atoms with Crippen molar-refractivity contribution in [2.45, 2.75) is 0 Å². The van der Waals surface area contributed by atoms with E-state index >= 15 is 0 Å². The van der Waals surface area contributed by atoms with E-state index in [0.717, 1.165) is 49.3 Å². The lowest BCUT2D eigenvalue weighted by Crippen LogP contribution is -1.91. The van der Waals surface area contributed by atoms with Crippen molar-refractivity contribution in [2.75, 3.05) is 0 Å². The zero-order chi connectivity index (χ0) is 37.9. The molecule has 0 saturated heterocycles. The van der Waals surface area contributed by atoms with Gasteiger partial charge in [-0.15, -0.1) is 0 Å². The average Bonchev–Trinajstić information content (AvgIpc) is 3.82. The van der Waals surface area contributed by atoms with E-state index in [9.17, 15) is 0 Å². The maximum Gasteiger partial charge on any atom is 0.136 e. The van der Waals surface area contributed by atoms with E-state index in [1.54, 1.807) is 0 Å². The van der Waals surface area contributed by atoms with Gasteiger partial charge in [0.05, 0.1) is 0 Å². The number of rotatable bonds is 3. The Morgan fingerprint density at radius 1 is 0.207 bits per heavy atom. The van der Waals surface area contributed by atoms with Crippen molar-refractivity contribution in [2.24, 2.45) is 0 Å². The fraction of sp³-hybridized carbons (Fsp3) is 0. The molecule has 11 aromatic carbocycles. The molecule has 13 rings (SSSR count). The molecule has 0 atom stereocenters. The van der Waals surface area contributed by atoms with Crippen LogP contribution in [0.2, 0.25) is 0 Å². The number of para-hydroxylation sites is 1. The molecule has 0 bridgehead atoms. The first-order valence-corrected chi connectivity index (χ1v) is 19.9. The SMILES string of the molecule is c1ccc2cc(-c3c4ccccc4c(-c4ccc5cc(-c6ccc7oc8cc9cc%10oc%11ccccc%11c%10cc9cc8c7c6)ccc5c4)c4ccccc34)ccc2c1. The Hall–Kier alpha value is -7.68. The van der Waals surface area contributed by atoms with E-state index in [2.05, 4.69) is 182 Å². The Morgan fingerprint density at radius 2 is 0.603 bits per heavy atom. The van der Waals surface area contributed by atoms with Gasteiger partial charge in [0.1, 0.15) is 22.3 Å². The Morgan fingerprint density at radius 3 is 1.24 bits per heavy atom. The summed E-state index contributed by atoms with van der Waals surface area (Å²) in [5.41, 5.74) is 10.9. The van der Waals surface area contributed by atoms with Crippen molar-refractivity contribution in [3.8, 4) is 33.4 Å². The van der Waals surface area contributed by atoms with Crippen molar-refractivity contribution in [3.63, 3.8) is 0 Å². The maximum absolute atomic E-state index is 6.43. The highest BCUT2D eigenvalue weighted by molar-refractivity contribution is 6.22. The third-order valence-corrected chi connectivity index (χ3v) is 12.4. The number of benzene rings is 11. The first-order chi connectivity index (χ1) is 28.7. The summed E-state index contributed by atoms with van der Waals surface area (Å²) >= 11 is 0. The molecular formula is C56H32O2. The molecule has 0 spiro atoms. The molecular weight excluding hydrogens is 705 g/mol. The molecule has 0 amide bonds. The molecule has 58 heavy (non-hydrogen) atoms. The van der Waals surface area contributed by atoms with E-state index in [0.29, 0.717) is 0 Å². The predicted octanol–water partition coefficient (Wildman–Crippen LogP) is 16.3. The first kappa shape index (κ1) is 31.5. The number of furan rings is 2. The smallest absolute Gasteiger partial charge is 0.136 e. The molecule has 0 saturated carbocycles. The fourth-order valence-corrected chi connectivity index (χ4v) is 9.60. The predicted molar refractivity (Wildman–Crippen MR) is 245 cm³/mol. The molecule has 0 fully saturated rings. The van der Waals surface area contributed by atoms with Crippen LogP contribution in [0.15, 0.2) is 203 Å². The molecule has 0 radical (unpaired) electrons. The largest absolute Gasteiger partial charge is 0.456 e. The number of fused-ring (bicyclic) bond motifs is 11. The summed E-state index contributed by atoms with van der Waals surface area (Å²) in [4.78, 5) is 0. The lowest BCUT2D eigenvalue weighted by atomic mass is 9.85. The van der Waals surface area contributed by atoms with Gasteiger partial charge in [-0.1, -0.05) is 133 Å². The summed E-state index contributed by atoms with van der Waals surface area (Å²) in [5, 5.41) is 16.8. The van der Waals surface area contributed by atoms with Crippen LogP contribution in [0, 0.1) is 0 Å². The monoisotopic (exact) mass is 736 g/mol. The second kappa shape index (κ2) is 11.9. The summed E-state index contributed by atoms with van der Waals surface area (Å²) < 4.78 is 12.6. The van der Waals surface area contributed by atoms with Crippen LogP contribution in [0.4, 0.5) is 0 Å². The van der Waals surface area contributed by atoms with Crippen LogP contribution in [0.25, 0.3) is 131 Å². The molecule has 0 aliphatic carbocycles. The van der Waals surface area contributed by atoms with Crippen molar-refractivity contribution in [3.05, 3.63) is 194 Å². The summed E-state index contributed by atoms with van der Waals surface area (Å²) in [6, 6.07) is 70.7. The fourth-order valence-electron chi connectivity index (χ4n) is 9.60. The summed E-state index contributed by atoms with van der Waals surface area (Å²) in [6.07, 6.45) is 0. The lowest BCUT2D eigenvalue weighted by molar-refractivity contribution is 0.668. The molecule has 13 aromatic rings. The highest BCUT2D eigenvalue weighted by atomic mass is 16.3. The van der Waals surface area contributed by atoms with E-state index in [1.807, 2.05) is 12.1 Å². The van der Waals surface area contributed by atoms with Gasteiger partial charge in [0.25, 0.3) is 0 Å². The van der Waals surface area contributed by atoms with Crippen LogP contribution in [-0.4, -0.2) is 0 Å². The van der Waals surface area contributed by atoms with Crippen molar-refractivity contribution >= 4 is 97.7 Å². The van der Waals surface area contributed by atoms with Crippen LogP contribution in [0.5, 0.6) is 0 Å². The van der Waals surface area contributed by atoms with Gasteiger partial charge < -0.3 is 8.83 Å². The minimum atomic E-state index is 0.881. The van der Waals surface area contributed by atoms with Crippen molar-refractivity contribution < 1.29 is 8.83 Å². The summed E-state index contributed by atoms with van der Waals surface area (Å²) in [7, 11) is 0. The Labute approximate surface area is 332 Å². The van der Waals surface area contributed by atoms with E-state index in [-0.39, 0.29) is 0 Å². The number of hydrogen-bond donors (Lipinski definition) is 0. The van der Waals surface area contributed by atoms with Gasteiger partial charge in [-0.05, 0) is 148 Å². The van der Waals surface area contributed by atoms with Gasteiger partial charge >= 0.3 is 0 Å². The second-order valence-electron chi connectivity index (χ2n) is 15.6. The van der Waals surface area contributed by atoms with Gasteiger partial charge in [-0.2, -0.15) is 0 Å². The topological polar surface area (TPSA) is 26.3 Å². The molecule has 0 aliphatic rings. The Balaban J connectivity index is 0.924. The molecule has 2 aromatic heterocycles. The van der Waals surface area contributed by atoms with Gasteiger partial charge in [-0.25, -0.2) is 0 Å². The highest BCUT2D eigenvalue weighted by Gasteiger charge is 2.18. The molecule has 268 valence electrons. The van der Waals surface area contributed by atoms with E-state index < -0.39 is 0 Å². The summed E-state index contributed by atoms with van der Waals surface area (Å²) in [6.45, 7) is 0. The minimum Gasteiger partial charge on any atom is -0.456 e. The quantitative estimate of drug-likeness (QED) is 0.169. The van der Waals surface area contributed by atoms with Gasteiger partial charge in [0.2, 0.25) is 0 Å². The average molecular weight is 737 g/mol. The van der Waals surface area contributed by atoms with Crippen LogP contribution >= 0.6 is 0 Å². The minimum absolute atomic E-state index is 0.881. The normalized spacial score (nSPS) is 12.1. The first-order valence-electron chi connectivity index (χ1n) is 19.9. The van der Waals surface area contributed by atoms with Crippen molar-refractivity contribution in [1.29, 1.82) is 0 Å².